The molecule has 0 saturated heterocycles. The lowest BCUT2D eigenvalue weighted by molar-refractivity contribution is -0.127. The Kier molecular flexibility index (Phi) is 9.78. The summed E-state index contributed by atoms with van der Waals surface area (Å²) in [6.45, 7) is 4.00. The maximum Gasteiger partial charge on any atom is 0.248 e. The van der Waals surface area contributed by atoms with Crippen LogP contribution in [0.2, 0.25) is 0 Å². The quantitative estimate of drug-likeness (QED) is 0.195. The number of methoxy groups -OCH3 is 3. The first-order chi connectivity index (χ1) is 21.3. The number of nitrogens with zero attached hydrogens (tertiary/aromatic N) is 1. The molecular formula is C36H43N3O5. The number of aromatic amines is 1. The monoisotopic (exact) mass is 597 g/mol. The molecule has 3 aromatic carbocycles. The number of rotatable bonds is 11. The number of aromatic nitrogens is 1. The SMILES string of the molecule is COc1cc([C@@H](C(=O)NC2CCCCC2)N(C(=O)CCc2c[nH]c3ccccc23)c2cc(C)cc(C)c2)cc(OC)c1OC. The first kappa shape index (κ1) is 31.0. The molecule has 0 bridgehead atoms. The lowest BCUT2D eigenvalue weighted by atomic mass is 9.94. The predicted octanol–water partition coefficient (Wildman–Crippen LogP) is 6.97. The number of H-pyrrole nitrogens is 1. The van der Waals surface area contributed by atoms with Crippen molar-refractivity contribution in [3.8, 4) is 17.2 Å². The van der Waals surface area contributed by atoms with Crippen LogP contribution in [0.5, 0.6) is 17.2 Å². The van der Waals surface area contributed by atoms with Crippen LogP contribution in [0.25, 0.3) is 10.9 Å². The lowest BCUT2D eigenvalue weighted by Gasteiger charge is -2.34. The van der Waals surface area contributed by atoms with Crippen LogP contribution in [0, 0.1) is 13.8 Å². The van der Waals surface area contributed by atoms with Crippen molar-refractivity contribution in [2.24, 2.45) is 0 Å². The van der Waals surface area contributed by atoms with Gasteiger partial charge in [-0.25, -0.2) is 0 Å². The van der Waals surface area contributed by atoms with Crippen LogP contribution in [0.1, 0.15) is 66.8 Å². The number of aryl methyl sites for hydroxylation is 3. The fourth-order valence-corrected chi connectivity index (χ4v) is 6.43. The van der Waals surface area contributed by atoms with Gasteiger partial charge in [0.15, 0.2) is 11.5 Å². The maximum atomic E-state index is 14.5. The summed E-state index contributed by atoms with van der Waals surface area (Å²) >= 11 is 0. The number of anilines is 1. The summed E-state index contributed by atoms with van der Waals surface area (Å²) < 4.78 is 16.9. The molecule has 232 valence electrons. The third kappa shape index (κ3) is 6.69. The zero-order valence-electron chi connectivity index (χ0n) is 26.4. The van der Waals surface area contributed by atoms with E-state index in [2.05, 4.69) is 22.4 Å². The van der Waals surface area contributed by atoms with Gasteiger partial charge in [-0.15, -0.1) is 0 Å². The highest BCUT2D eigenvalue weighted by Gasteiger charge is 2.35. The molecule has 1 fully saturated rings. The summed E-state index contributed by atoms with van der Waals surface area (Å²) in [7, 11) is 4.64. The third-order valence-corrected chi connectivity index (χ3v) is 8.50. The average Bonchev–Trinajstić information content (AvgIpc) is 3.44. The van der Waals surface area contributed by atoms with Gasteiger partial charge in [-0.3, -0.25) is 14.5 Å². The third-order valence-electron chi connectivity index (χ3n) is 8.50. The largest absolute Gasteiger partial charge is 0.493 e. The van der Waals surface area contributed by atoms with Crippen LogP contribution in [0.15, 0.2) is 60.8 Å². The van der Waals surface area contributed by atoms with E-state index in [1.807, 2.05) is 50.4 Å². The van der Waals surface area contributed by atoms with Gasteiger partial charge in [0, 0.05) is 35.2 Å². The van der Waals surface area contributed by atoms with E-state index in [0.29, 0.717) is 34.9 Å². The van der Waals surface area contributed by atoms with E-state index < -0.39 is 6.04 Å². The molecule has 0 radical (unpaired) electrons. The number of ether oxygens (including phenoxy) is 3. The number of fused-ring (bicyclic) bond motifs is 1. The van der Waals surface area contributed by atoms with Crippen LogP contribution < -0.4 is 24.4 Å². The Morgan fingerprint density at radius 1 is 0.909 bits per heavy atom. The Balaban J connectivity index is 1.61. The molecule has 44 heavy (non-hydrogen) atoms. The van der Waals surface area contributed by atoms with Crippen LogP contribution in [-0.4, -0.2) is 44.2 Å². The molecule has 0 spiro atoms. The Morgan fingerprint density at radius 2 is 1.57 bits per heavy atom. The minimum atomic E-state index is -0.970. The van der Waals surface area contributed by atoms with Crippen molar-refractivity contribution in [1.29, 1.82) is 0 Å². The highest BCUT2D eigenvalue weighted by Crippen LogP contribution is 2.42. The Labute approximate surface area is 259 Å². The molecular weight excluding hydrogens is 554 g/mol. The van der Waals surface area contributed by atoms with Gasteiger partial charge < -0.3 is 24.5 Å². The van der Waals surface area contributed by atoms with Crippen molar-refractivity contribution >= 4 is 28.4 Å². The molecule has 2 N–H and O–H groups in total. The molecule has 1 atom stereocenters. The molecule has 0 aliphatic heterocycles. The smallest absolute Gasteiger partial charge is 0.248 e. The van der Waals surface area contributed by atoms with E-state index in [-0.39, 0.29) is 24.3 Å². The molecule has 1 aliphatic carbocycles. The van der Waals surface area contributed by atoms with Gasteiger partial charge in [-0.1, -0.05) is 43.5 Å². The first-order valence-electron chi connectivity index (χ1n) is 15.4. The second-order valence-electron chi connectivity index (χ2n) is 11.7. The summed E-state index contributed by atoms with van der Waals surface area (Å²) in [4.78, 5) is 33.9. The molecule has 4 aromatic rings. The van der Waals surface area contributed by atoms with Crippen molar-refractivity contribution in [3.05, 3.63) is 83.0 Å². The topological polar surface area (TPSA) is 92.9 Å². The summed E-state index contributed by atoms with van der Waals surface area (Å²) in [6, 6.07) is 16.7. The standard InChI is InChI=1S/C36H43N3O5/c1-23-17-24(2)19-28(18-23)39(33(40)16-15-25-22-37-30-14-10-9-13-29(25)30)34(36(41)38-27-11-7-6-8-12-27)26-20-31(42-3)35(44-5)32(21-26)43-4/h9-10,13-14,17-22,27,34,37H,6-8,11-12,15-16H2,1-5H3,(H,38,41)/t34-/m0/s1. The number of para-hydroxylation sites is 1. The molecule has 8 nitrogen and oxygen atoms in total. The number of carbonyl (C=O) groups excluding carboxylic acids is 2. The van der Waals surface area contributed by atoms with Gasteiger partial charge >= 0.3 is 0 Å². The van der Waals surface area contributed by atoms with Crippen LogP contribution in [0.4, 0.5) is 5.69 Å². The maximum absolute atomic E-state index is 14.5. The highest BCUT2D eigenvalue weighted by molar-refractivity contribution is 6.02. The molecule has 1 aromatic heterocycles. The number of hydrogen-bond acceptors (Lipinski definition) is 5. The van der Waals surface area contributed by atoms with E-state index >= 15 is 0 Å². The summed E-state index contributed by atoms with van der Waals surface area (Å²) in [5, 5.41) is 4.39. The number of hydrogen-bond donors (Lipinski definition) is 2. The summed E-state index contributed by atoms with van der Waals surface area (Å²) in [5.41, 5.74) is 5.35. The molecule has 5 rings (SSSR count). The highest BCUT2D eigenvalue weighted by atomic mass is 16.5. The molecule has 1 heterocycles. The summed E-state index contributed by atoms with van der Waals surface area (Å²) in [5.74, 6) is 0.880. The average molecular weight is 598 g/mol. The molecule has 8 heteroatoms. The Hall–Kier alpha value is -4.46. The number of benzene rings is 3. The second kappa shape index (κ2) is 13.9. The minimum absolute atomic E-state index is 0.0585. The van der Waals surface area contributed by atoms with Gasteiger partial charge in [-0.2, -0.15) is 0 Å². The van der Waals surface area contributed by atoms with Crippen LogP contribution in [-0.2, 0) is 16.0 Å². The molecule has 2 amide bonds. The van der Waals surface area contributed by atoms with Crippen LogP contribution >= 0.6 is 0 Å². The van der Waals surface area contributed by atoms with Gasteiger partial charge in [0.2, 0.25) is 17.6 Å². The first-order valence-corrected chi connectivity index (χ1v) is 15.4. The van der Waals surface area contributed by atoms with Gasteiger partial charge in [0.1, 0.15) is 6.04 Å². The van der Waals surface area contributed by atoms with Gasteiger partial charge in [0.25, 0.3) is 0 Å². The predicted molar refractivity (Wildman–Crippen MR) is 174 cm³/mol. The number of carbonyl (C=O) groups is 2. The Bertz CT molecular complexity index is 1580. The zero-order valence-corrected chi connectivity index (χ0v) is 26.4. The van der Waals surface area contributed by atoms with E-state index in [4.69, 9.17) is 14.2 Å². The van der Waals surface area contributed by atoms with E-state index in [9.17, 15) is 9.59 Å². The van der Waals surface area contributed by atoms with Gasteiger partial charge in [0.05, 0.1) is 21.3 Å². The number of amides is 2. The molecule has 1 aliphatic rings. The second-order valence-corrected chi connectivity index (χ2v) is 11.7. The molecule has 1 saturated carbocycles. The molecule has 0 unspecified atom stereocenters. The van der Waals surface area contributed by atoms with Crippen LogP contribution in [0.3, 0.4) is 0 Å². The fourth-order valence-electron chi connectivity index (χ4n) is 6.43. The van der Waals surface area contributed by atoms with Crippen molar-refractivity contribution in [1.82, 2.24) is 10.3 Å². The number of nitrogens with one attached hydrogen (secondary N) is 2. The zero-order chi connectivity index (χ0) is 31.2. The van der Waals surface area contributed by atoms with Crippen molar-refractivity contribution < 1.29 is 23.8 Å². The van der Waals surface area contributed by atoms with E-state index in [1.54, 1.807) is 38.4 Å². The van der Waals surface area contributed by atoms with Gasteiger partial charge in [-0.05, 0) is 85.7 Å². The van der Waals surface area contributed by atoms with E-state index in [0.717, 1.165) is 53.3 Å². The minimum Gasteiger partial charge on any atom is -0.493 e. The summed E-state index contributed by atoms with van der Waals surface area (Å²) in [6.07, 6.45) is 7.87. The lowest BCUT2D eigenvalue weighted by Crippen LogP contribution is -2.47. The van der Waals surface area contributed by atoms with Crippen molar-refractivity contribution in [3.63, 3.8) is 0 Å². The van der Waals surface area contributed by atoms with E-state index in [1.165, 1.54) is 6.42 Å². The Morgan fingerprint density at radius 3 is 2.20 bits per heavy atom. The normalized spacial score (nSPS) is 14.2. The van der Waals surface area contributed by atoms with Crippen molar-refractivity contribution in [2.75, 3.05) is 26.2 Å². The fraction of sp³-hybridized carbons (Fsp3) is 0.389. The van der Waals surface area contributed by atoms with Crippen molar-refractivity contribution in [2.45, 2.75) is 70.9 Å².